The zero-order valence-electron chi connectivity index (χ0n) is 11.8. The van der Waals surface area contributed by atoms with E-state index in [0.29, 0.717) is 15.3 Å². The summed E-state index contributed by atoms with van der Waals surface area (Å²) in [5.74, 6) is 0. The Morgan fingerprint density at radius 2 is 2.00 bits per heavy atom. The summed E-state index contributed by atoms with van der Waals surface area (Å²) in [6, 6.07) is 9.35. The van der Waals surface area contributed by atoms with Gasteiger partial charge in [-0.25, -0.2) is 4.98 Å². The number of thiazole rings is 1. The highest BCUT2D eigenvalue weighted by molar-refractivity contribution is 7.19. The Morgan fingerprint density at radius 3 is 2.61 bits per heavy atom. The molecule has 0 radical (unpaired) electrons. The van der Waals surface area contributed by atoms with Gasteiger partial charge in [-0.1, -0.05) is 0 Å². The van der Waals surface area contributed by atoms with Crippen LogP contribution in [0.25, 0.3) is 21.9 Å². The lowest BCUT2D eigenvalue weighted by Crippen LogP contribution is -2.03. The minimum Gasteiger partial charge on any atom is -0.235 e. The van der Waals surface area contributed by atoms with Crippen molar-refractivity contribution in [3.05, 3.63) is 50.7 Å². The number of aromatic nitrogens is 1. The van der Waals surface area contributed by atoms with E-state index in [1.165, 1.54) is 28.7 Å². The molecule has 0 saturated carbocycles. The third-order valence-corrected chi connectivity index (χ3v) is 5.13. The van der Waals surface area contributed by atoms with Gasteiger partial charge in [-0.05, 0) is 43.3 Å². The SMILES string of the molecule is Cc1ccc(/C=C(\C#N)c2nc3cc(C(F)(F)F)ccc3s2)s1. The van der Waals surface area contributed by atoms with Gasteiger partial charge in [0.2, 0.25) is 0 Å². The van der Waals surface area contributed by atoms with E-state index < -0.39 is 11.7 Å². The Morgan fingerprint density at radius 1 is 1.22 bits per heavy atom. The van der Waals surface area contributed by atoms with Crippen LogP contribution in [0.4, 0.5) is 13.2 Å². The lowest BCUT2D eigenvalue weighted by Gasteiger charge is -2.04. The first-order valence-corrected chi connectivity index (χ1v) is 8.16. The van der Waals surface area contributed by atoms with Gasteiger partial charge in [-0.15, -0.1) is 22.7 Å². The predicted molar refractivity (Wildman–Crippen MR) is 87.2 cm³/mol. The molecule has 0 aliphatic carbocycles. The molecule has 0 atom stereocenters. The molecule has 0 amide bonds. The van der Waals surface area contributed by atoms with Gasteiger partial charge >= 0.3 is 6.18 Å². The zero-order chi connectivity index (χ0) is 16.6. The number of hydrogen-bond acceptors (Lipinski definition) is 4. The number of alkyl halides is 3. The van der Waals surface area contributed by atoms with E-state index in [0.717, 1.165) is 21.9 Å². The van der Waals surface area contributed by atoms with Crippen LogP contribution in [-0.2, 0) is 6.18 Å². The summed E-state index contributed by atoms with van der Waals surface area (Å²) < 4.78 is 38.9. The van der Waals surface area contributed by atoms with Crippen molar-refractivity contribution in [2.45, 2.75) is 13.1 Å². The van der Waals surface area contributed by atoms with Gasteiger partial charge in [0.05, 0.1) is 21.4 Å². The summed E-state index contributed by atoms with van der Waals surface area (Å²) in [5, 5.41) is 9.75. The van der Waals surface area contributed by atoms with Crippen molar-refractivity contribution in [3.8, 4) is 6.07 Å². The highest BCUT2D eigenvalue weighted by Gasteiger charge is 2.30. The molecule has 0 unspecified atom stereocenters. The van der Waals surface area contributed by atoms with Gasteiger partial charge in [0.25, 0.3) is 0 Å². The molecule has 3 rings (SSSR count). The Kier molecular flexibility index (Phi) is 3.96. The van der Waals surface area contributed by atoms with Crippen molar-refractivity contribution in [3.63, 3.8) is 0 Å². The van der Waals surface area contributed by atoms with Crippen LogP contribution in [0.15, 0.2) is 30.3 Å². The topological polar surface area (TPSA) is 36.7 Å². The first-order chi connectivity index (χ1) is 10.9. The molecule has 0 aliphatic heterocycles. The largest absolute Gasteiger partial charge is 0.416 e. The summed E-state index contributed by atoms with van der Waals surface area (Å²) >= 11 is 2.75. The van der Waals surface area contributed by atoms with Crippen LogP contribution in [-0.4, -0.2) is 4.98 Å². The van der Waals surface area contributed by atoms with Crippen molar-refractivity contribution in [1.82, 2.24) is 4.98 Å². The van der Waals surface area contributed by atoms with E-state index in [4.69, 9.17) is 0 Å². The van der Waals surface area contributed by atoms with E-state index in [1.807, 2.05) is 19.1 Å². The fourth-order valence-electron chi connectivity index (χ4n) is 2.03. The number of fused-ring (bicyclic) bond motifs is 1. The Balaban J connectivity index is 2.05. The van der Waals surface area contributed by atoms with Gasteiger partial charge in [-0.3, -0.25) is 0 Å². The lowest BCUT2D eigenvalue weighted by molar-refractivity contribution is -0.137. The monoisotopic (exact) mass is 350 g/mol. The molecule has 0 fully saturated rings. The summed E-state index contributed by atoms with van der Waals surface area (Å²) in [6.45, 7) is 1.96. The molecule has 2 nitrogen and oxygen atoms in total. The van der Waals surface area contributed by atoms with Crippen LogP contribution in [0, 0.1) is 18.3 Å². The van der Waals surface area contributed by atoms with E-state index >= 15 is 0 Å². The van der Waals surface area contributed by atoms with E-state index in [-0.39, 0.29) is 5.52 Å². The number of rotatable bonds is 2. The maximum atomic E-state index is 12.8. The minimum atomic E-state index is -4.40. The number of nitriles is 1. The van der Waals surface area contributed by atoms with Crippen LogP contribution in [0.3, 0.4) is 0 Å². The maximum Gasteiger partial charge on any atom is 0.416 e. The highest BCUT2D eigenvalue weighted by atomic mass is 32.1. The van der Waals surface area contributed by atoms with Crippen molar-refractivity contribution in [1.29, 1.82) is 5.26 Å². The van der Waals surface area contributed by atoms with Crippen molar-refractivity contribution in [2.24, 2.45) is 0 Å². The normalized spacial score (nSPS) is 12.6. The third kappa shape index (κ3) is 3.28. The molecule has 0 spiro atoms. The lowest BCUT2D eigenvalue weighted by atomic mass is 10.2. The fraction of sp³-hybridized carbons (Fsp3) is 0.125. The smallest absolute Gasteiger partial charge is 0.235 e. The average Bonchev–Trinajstić information content (AvgIpc) is 3.08. The van der Waals surface area contributed by atoms with Crippen LogP contribution < -0.4 is 0 Å². The van der Waals surface area contributed by atoms with Crippen LogP contribution in [0.1, 0.15) is 20.3 Å². The predicted octanol–water partition coefficient (Wildman–Crippen LogP) is 5.75. The molecule has 3 aromatic rings. The quantitative estimate of drug-likeness (QED) is 0.552. The number of hydrogen-bond donors (Lipinski definition) is 0. The van der Waals surface area contributed by atoms with E-state index in [9.17, 15) is 18.4 Å². The fourth-order valence-corrected chi connectivity index (χ4v) is 3.77. The van der Waals surface area contributed by atoms with Gasteiger partial charge in [0.1, 0.15) is 11.1 Å². The first kappa shape index (κ1) is 15.7. The number of halogens is 3. The second-order valence-electron chi connectivity index (χ2n) is 4.82. The maximum absolute atomic E-state index is 12.8. The Hall–Kier alpha value is -2.17. The van der Waals surface area contributed by atoms with Crippen molar-refractivity contribution in [2.75, 3.05) is 0 Å². The molecule has 0 bridgehead atoms. The molecule has 7 heteroatoms. The van der Waals surface area contributed by atoms with Crippen LogP contribution in [0.5, 0.6) is 0 Å². The molecule has 0 N–H and O–H groups in total. The van der Waals surface area contributed by atoms with Gasteiger partial charge in [0, 0.05) is 9.75 Å². The minimum absolute atomic E-state index is 0.253. The molecule has 23 heavy (non-hydrogen) atoms. The number of aryl methyl sites for hydroxylation is 1. The molecule has 116 valence electrons. The molecular formula is C16H9F3N2S2. The molecule has 0 saturated heterocycles. The van der Waals surface area contributed by atoms with E-state index in [2.05, 4.69) is 11.1 Å². The molecule has 2 heterocycles. The van der Waals surface area contributed by atoms with Gasteiger partial charge < -0.3 is 0 Å². The molecule has 0 aliphatic rings. The molecular weight excluding hydrogens is 341 g/mol. The number of allylic oxidation sites excluding steroid dienone is 1. The zero-order valence-corrected chi connectivity index (χ0v) is 13.4. The number of thiophene rings is 1. The Bertz CT molecular complexity index is 942. The summed E-state index contributed by atoms with van der Waals surface area (Å²) in [5.41, 5.74) is -0.136. The average molecular weight is 350 g/mol. The highest BCUT2D eigenvalue weighted by Crippen LogP contribution is 2.34. The van der Waals surface area contributed by atoms with Gasteiger partial charge in [0.15, 0.2) is 0 Å². The number of nitrogens with zero attached hydrogens (tertiary/aromatic N) is 2. The van der Waals surface area contributed by atoms with E-state index in [1.54, 1.807) is 6.08 Å². The van der Waals surface area contributed by atoms with Gasteiger partial charge in [-0.2, -0.15) is 18.4 Å². The van der Waals surface area contributed by atoms with Crippen molar-refractivity contribution < 1.29 is 13.2 Å². The van der Waals surface area contributed by atoms with Crippen LogP contribution in [0.2, 0.25) is 0 Å². The van der Waals surface area contributed by atoms with Crippen LogP contribution >= 0.6 is 22.7 Å². The Labute approximate surface area is 138 Å². The second-order valence-corrected chi connectivity index (χ2v) is 7.17. The summed E-state index contributed by atoms with van der Waals surface area (Å²) in [6.07, 6.45) is -2.69. The standard InChI is InChI=1S/C16H9F3N2S2/c1-9-2-4-12(22-9)6-10(8-20)15-21-13-7-11(16(17,18)19)3-5-14(13)23-15/h2-7H,1H3/b10-6+. The molecule has 1 aromatic carbocycles. The first-order valence-electron chi connectivity index (χ1n) is 6.53. The second kappa shape index (κ2) is 5.80. The summed E-state index contributed by atoms with van der Waals surface area (Å²) in [4.78, 5) is 6.22. The molecule has 2 aromatic heterocycles. The third-order valence-electron chi connectivity index (χ3n) is 3.11. The van der Waals surface area contributed by atoms with Crippen molar-refractivity contribution >= 4 is 44.5 Å². The number of benzene rings is 1. The summed E-state index contributed by atoms with van der Waals surface area (Å²) in [7, 11) is 0.